The van der Waals surface area contributed by atoms with E-state index in [4.69, 9.17) is 10.00 Å². The van der Waals surface area contributed by atoms with Crippen molar-refractivity contribution in [3.05, 3.63) is 65.9 Å². The first-order valence-electron chi connectivity index (χ1n) is 6.20. The Morgan fingerprint density at radius 2 is 1.80 bits per heavy atom. The van der Waals surface area contributed by atoms with Crippen molar-refractivity contribution in [2.24, 2.45) is 0 Å². The molecule has 0 spiro atoms. The number of nitriles is 1. The highest BCUT2D eigenvalue weighted by Gasteiger charge is 2.18. The van der Waals surface area contributed by atoms with Crippen LogP contribution >= 0.6 is 11.8 Å². The number of rotatable bonds is 3. The molecule has 0 atom stereocenters. The zero-order chi connectivity index (χ0) is 13.8. The molecule has 98 valence electrons. The maximum atomic E-state index is 9.04. The summed E-state index contributed by atoms with van der Waals surface area (Å²) in [5.74, 6) is 1.95. The molecule has 0 fully saturated rings. The van der Waals surface area contributed by atoms with Crippen LogP contribution in [-0.4, -0.2) is 10.8 Å². The topological polar surface area (TPSA) is 36.3 Å². The summed E-state index contributed by atoms with van der Waals surface area (Å²) < 4.78 is 5.91. The minimum Gasteiger partial charge on any atom is -0.439 e. The third-order valence-electron chi connectivity index (χ3n) is 2.96. The molecule has 4 heteroatoms. The molecular formula is C16H12N2OS. The molecule has 0 amide bonds. The van der Waals surface area contributed by atoms with E-state index in [0.717, 1.165) is 16.9 Å². The molecule has 3 nitrogen and oxygen atoms in total. The molecule has 0 aliphatic carbocycles. The van der Waals surface area contributed by atoms with Gasteiger partial charge in [-0.15, -0.1) is 11.8 Å². The van der Waals surface area contributed by atoms with Crippen LogP contribution in [0.5, 0.6) is 5.75 Å². The Morgan fingerprint density at radius 3 is 2.60 bits per heavy atom. The lowest BCUT2D eigenvalue weighted by Crippen LogP contribution is -2.16. The Balaban J connectivity index is 1.94. The molecular weight excluding hydrogens is 268 g/mol. The van der Waals surface area contributed by atoms with Gasteiger partial charge in [0, 0.05) is 11.0 Å². The van der Waals surface area contributed by atoms with Gasteiger partial charge in [0.2, 0.25) is 5.88 Å². The van der Waals surface area contributed by atoms with E-state index in [2.05, 4.69) is 6.19 Å². The highest BCUT2D eigenvalue weighted by molar-refractivity contribution is 8.02. The SMILES string of the molecule is N#CN1CSC=C1Oc1ccccc1-c1ccccc1. The second kappa shape index (κ2) is 5.72. The quantitative estimate of drug-likeness (QED) is 0.796. The van der Waals surface area contributed by atoms with E-state index in [1.165, 1.54) is 4.90 Å². The van der Waals surface area contributed by atoms with Gasteiger partial charge in [-0.2, -0.15) is 5.26 Å². The summed E-state index contributed by atoms with van der Waals surface area (Å²) in [6, 6.07) is 17.9. The zero-order valence-electron chi connectivity index (χ0n) is 10.7. The number of nitrogens with zero attached hydrogens (tertiary/aromatic N) is 2. The summed E-state index contributed by atoms with van der Waals surface area (Å²) in [4.78, 5) is 1.53. The van der Waals surface area contributed by atoms with Gasteiger partial charge in [-0.05, 0) is 11.6 Å². The Bertz CT molecular complexity index is 676. The van der Waals surface area contributed by atoms with E-state index in [1.807, 2.05) is 60.0 Å². The van der Waals surface area contributed by atoms with Crippen LogP contribution < -0.4 is 4.74 Å². The molecule has 0 unspecified atom stereocenters. The van der Waals surface area contributed by atoms with Gasteiger partial charge in [0.05, 0.1) is 5.88 Å². The standard InChI is InChI=1S/C16H12N2OS/c17-11-18-12-20-10-16(18)19-15-9-5-4-8-14(15)13-6-2-1-3-7-13/h1-10H,12H2. The summed E-state index contributed by atoms with van der Waals surface area (Å²) in [5, 5.41) is 10.9. The fourth-order valence-electron chi connectivity index (χ4n) is 1.99. The lowest BCUT2D eigenvalue weighted by Gasteiger charge is -2.15. The van der Waals surface area contributed by atoms with Crippen LogP contribution in [0.25, 0.3) is 11.1 Å². The molecule has 0 N–H and O–H groups in total. The van der Waals surface area contributed by atoms with Crippen LogP contribution in [0.1, 0.15) is 0 Å². The molecule has 0 saturated heterocycles. The maximum Gasteiger partial charge on any atom is 0.216 e. The fraction of sp³-hybridized carbons (Fsp3) is 0.0625. The van der Waals surface area contributed by atoms with Crippen molar-refractivity contribution < 1.29 is 4.74 Å². The lowest BCUT2D eigenvalue weighted by atomic mass is 10.1. The molecule has 1 heterocycles. The van der Waals surface area contributed by atoms with Crippen molar-refractivity contribution in [3.8, 4) is 23.1 Å². The van der Waals surface area contributed by atoms with E-state index >= 15 is 0 Å². The number of thioether (sulfide) groups is 1. The van der Waals surface area contributed by atoms with Gasteiger partial charge < -0.3 is 4.74 Å². The normalized spacial score (nSPS) is 13.8. The summed E-state index contributed by atoms with van der Waals surface area (Å²) in [7, 11) is 0. The summed E-state index contributed by atoms with van der Waals surface area (Å²) >= 11 is 1.55. The van der Waals surface area contributed by atoms with Gasteiger partial charge in [0.25, 0.3) is 0 Å². The van der Waals surface area contributed by atoms with Gasteiger partial charge >= 0.3 is 0 Å². The van der Waals surface area contributed by atoms with E-state index < -0.39 is 0 Å². The van der Waals surface area contributed by atoms with Crippen molar-refractivity contribution in [2.75, 3.05) is 5.88 Å². The predicted octanol–water partition coefficient (Wildman–Crippen LogP) is 4.02. The fourth-order valence-corrected chi connectivity index (χ4v) is 2.72. The average molecular weight is 280 g/mol. The number of para-hydroxylation sites is 1. The van der Waals surface area contributed by atoms with Gasteiger partial charge in [-0.3, -0.25) is 0 Å². The molecule has 0 aromatic heterocycles. The molecule has 2 aromatic rings. The summed E-state index contributed by atoms with van der Waals surface area (Å²) in [5.41, 5.74) is 2.11. The minimum absolute atomic E-state index is 0.584. The zero-order valence-corrected chi connectivity index (χ0v) is 11.5. The Labute approximate surface area is 122 Å². The Kier molecular flexibility index (Phi) is 3.62. The summed E-state index contributed by atoms with van der Waals surface area (Å²) in [6.07, 6.45) is 2.11. The van der Waals surface area contributed by atoms with Gasteiger partial charge in [-0.1, -0.05) is 48.5 Å². The van der Waals surface area contributed by atoms with Crippen LogP contribution in [0.2, 0.25) is 0 Å². The Morgan fingerprint density at radius 1 is 1.05 bits per heavy atom. The maximum absolute atomic E-state index is 9.04. The van der Waals surface area contributed by atoms with Crippen LogP contribution in [0.4, 0.5) is 0 Å². The lowest BCUT2D eigenvalue weighted by molar-refractivity contribution is 0.309. The second-order valence-corrected chi connectivity index (χ2v) is 5.07. The number of ether oxygens (including phenoxy) is 1. The highest BCUT2D eigenvalue weighted by atomic mass is 32.2. The van der Waals surface area contributed by atoms with Crippen LogP contribution in [0.3, 0.4) is 0 Å². The van der Waals surface area contributed by atoms with Crippen LogP contribution in [0, 0.1) is 11.5 Å². The molecule has 0 radical (unpaired) electrons. The number of hydrogen-bond donors (Lipinski definition) is 0. The van der Waals surface area contributed by atoms with Crippen molar-refractivity contribution in [1.29, 1.82) is 5.26 Å². The highest BCUT2D eigenvalue weighted by Crippen LogP contribution is 2.33. The van der Waals surface area contributed by atoms with E-state index in [1.54, 1.807) is 11.8 Å². The average Bonchev–Trinajstić information content (AvgIpc) is 2.96. The van der Waals surface area contributed by atoms with Gasteiger partial charge in [-0.25, -0.2) is 4.90 Å². The second-order valence-electron chi connectivity index (χ2n) is 4.24. The predicted molar refractivity (Wildman–Crippen MR) is 80.5 cm³/mol. The third kappa shape index (κ3) is 2.49. The van der Waals surface area contributed by atoms with Crippen LogP contribution in [0.15, 0.2) is 65.9 Å². The summed E-state index contributed by atoms with van der Waals surface area (Å²) in [6.45, 7) is 0. The number of hydrogen-bond acceptors (Lipinski definition) is 4. The Hall–Kier alpha value is -2.38. The smallest absolute Gasteiger partial charge is 0.216 e. The van der Waals surface area contributed by atoms with E-state index in [9.17, 15) is 0 Å². The molecule has 3 rings (SSSR count). The van der Waals surface area contributed by atoms with Gasteiger partial charge in [0.15, 0.2) is 6.19 Å². The minimum atomic E-state index is 0.584. The van der Waals surface area contributed by atoms with Crippen molar-refractivity contribution in [2.45, 2.75) is 0 Å². The van der Waals surface area contributed by atoms with E-state index in [0.29, 0.717) is 11.8 Å². The first-order valence-corrected chi connectivity index (χ1v) is 7.25. The van der Waals surface area contributed by atoms with Crippen molar-refractivity contribution >= 4 is 11.8 Å². The molecule has 1 aliphatic rings. The molecule has 2 aromatic carbocycles. The molecule has 1 aliphatic heterocycles. The largest absolute Gasteiger partial charge is 0.439 e. The molecule has 0 bridgehead atoms. The third-order valence-corrected chi connectivity index (χ3v) is 3.74. The molecule has 20 heavy (non-hydrogen) atoms. The van der Waals surface area contributed by atoms with Gasteiger partial charge in [0.1, 0.15) is 5.75 Å². The van der Waals surface area contributed by atoms with Crippen LogP contribution in [-0.2, 0) is 0 Å². The monoisotopic (exact) mass is 280 g/mol. The number of benzene rings is 2. The van der Waals surface area contributed by atoms with Crippen molar-refractivity contribution in [3.63, 3.8) is 0 Å². The van der Waals surface area contributed by atoms with E-state index in [-0.39, 0.29) is 0 Å². The first-order chi connectivity index (χ1) is 9.88. The molecule has 0 saturated carbocycles. The first kappa shape index (κ1) is 12.6. The van der Waals surface area contributed by atoms with Crippen molar-refractivity contribution in [1.82, 2.24) is 4.90 Å².